The van der Waals surface area contributed by atoms with Gasteiger partial charge in [0.25, 0.3) is 0 Å². The van der Waals surface area contributed by atoms with Gasteiger partial charge in [-0.1, -0.05) is 0 Å². The molecule has 0 radical (unpaired) electrons. The van der Waals surface area contributed by atoms with Gasteiger partial charge < -0.3 is 25.8 Å². The van der Waals surface area contributed by atoms with E-state index in [2.05, 4.69) is 4.72 Å². The van der Waals surface area contributed by atoms with Gasteiger partial charge in [-0.3, -0.25) is 0 Å². The lowest BCUT2D eigenvalue weighted by Gasteiger charge is -2.28. The number of hydrogen-bond donors (Lipinski definition) is 5. The molecule has 0 aliphatic heterocycles. The number of ether oxygens (including phenoxy) is 1. The average Bonchev–Trinajstić information content (AvgIpc) is 2.47. The molecule has 0 aliphatic carbocycles. The summed E-state index contributed by atoms with van der Waals surface area (Å²) in [5.74, 6) is 0.0798. The number of benzene rings is 1. The Morgan fingerprint density at radius 1 is 1.10 bits per heavy atom. The minimum absolute atomic E-state index is 0.127. The molecule has 0 spiro atoms. The first-order valence-electron chi connectivity index (χ1n) is 6.19. The van der Waals surface area contributed by atoms with Gasteiger partial charge in [-0.2, -0.15) is 0 Å². The van der Waals surface area contributed by atoms with Crippen LogP contribution in [0.2, 0.25) is 0 Å². The van der Waals surface area contributed by atoms with Gasteiger partial charge in [0.2, 0.25) is 10.0 Å². The molecule has 1 aromatic carbocycles. The van der Waals surface area contributed by atoms with Crippen LogP contribution in [-0.2, 0) is 10.0 Å². The van der Waals surface area contributed by atoms with Gasteiger partial charge in [0.1, 0.15) is 17.9 Å². The number of nitrogens with one attached hydrogen (secondary N) is 1. The number of aliphatic hydroxyl groups is 3. The zero-order valence-corrected chi connectivity index (χ0v) is 12.2. The van der Waals surface area contributed by atoms with Crippen LogP contribution in [0.3, 0.4) is 0 Å². The molecule has 6 N–H and O–H groups in total. The monoisotopic (exact) mass is 320 g/mol. The molecule has 0 saturated heterocycles. The van der Waals surface area contributed by atoms with Crippen LogP contribution in [0.5, 0.6) is 5.75 Å². The zero-order chi connectivity index (χ0) is 15.9. The summed E-state index contributed by atoms with van der Waals surface area (Å²) in [6.45, 7) is -2.30. The first-order valence-corrected chi connectivity index (χ1v) is 7.84. The van der Waals surface area contributed by atoms with Gasteiger partial charge in [-0.25, -0.2) is 13.1 Å². The van der Waals surface area contributed by atoms with Gasteiger partial charge in [-0.05, 0) is 24.3 Å². The lowest BCUT2D eigenvalue weighted by atomic mass is 10.1. The van der Waals surface area contributed by atoms with Crippen LogP contribution in [0.15, 0.2) is 24.3 Å². The fourth-order valence-electron chi connectivity index (χ4n) is 1.46. The second-order valence-corrected chi connectivity index (χ2v) is 6.43. The molecule has 0 saturated carbocycles. The fraction of sp³-hybridized carbons (Fsp3) is 0.500. The number of anilines is 1. The van der Waals surface area contributed by atoms with Crippen LogP contribution < -0.4 is 15.2 Å². The Morgan fingerprint density at radius 3 is 2.10 bits per heavy atom. The van der Waals surface area contributed by atoms with Gasteiger partial charge in [-0.15, -0.1) is 0 Å². The lowest BCUT2D eigenvalue weighted by Crippen LogP contribution is -2.57. The summed E-state index contributed by atoms with van der Waals surface area (Å²) >= 11 is 0. The minimum atomic E-state index is -3.83. The van der Waals surface area contributed by atoms with Crippen molar-refractivity contribution in [3.63, 3.8) is 0 Å². The molecule has 120 valence electrons. The molecule has 0 unspecified atom stereocenters. The Labute approximate surface area is 123 Å². The molecule has 0 bridgehead atoms. The topological polar surface area (TPSA) is 142 Å². The first kappa shape index (κ1) is 17.7. The summed E-state index contributed by atoms with van der Waals surface area (Å²) in [4.78, 5) is 0. The van der Waals surface area contributed by atoms with E-state index in [1.165, 1.54) is 0 Å². The average molecular weight is 320 g/mol. The fourth-order valence-corrected chi connectivity index (χ4v) is 2.72. The van der Waals surface area contributed by atoms with Crippen LogP contribution in [-0.4, -0.2) is 61.5 Å². The zero-order valence-electron chi connectivity index (χ0n) is 11.4. The van der Waals surface area contributed by atoms with Gasteiger partial charge in [0, 0.05) is 5.69 Å². The van der Waals surface area contributed by atoms with Crippen LogP contribution in [0.1, 0.15) is 0 Å². The van der Waals surface area contributed by atoms with Gasteiger partial charge >= 0.3 is 0 Å². The standard InChI is InChI=1S/C12H20N2O6S/c13-10-1-3-11(4-2-10)20-5-6-21(18,19)14-12(7-15,8-16)9-17/h1-4,14-17H,5-9,13H2. The maximum atomic E-state index is 11.8. The third-order valence-electron chi connectivity index (χ3n) is 2.78. The van der Waals surface area contributed by atoms with Crippen LogP contribution in [0, 0.1) is 0 Å². The maximum Gasteiger partial charge on any atom is 0.215 e. The lowest BCUT2D eigenvalue weighted by molar-refractivity contribution is 0.0581. The van der Waals surface area contributed by atoms with E-state index in [4.69, 9.17) is 25.8 Å². The maximum absolute atomic E-state index is 11.8. The highest BCUT2D eigenvalue weighted by Crippen LogP contribution is 2.13. The molecule has 0 aromatic heterocycles. The molecule has 0 aliphatic rings. The Balaban J connectivity index is 2.55. The van der Waals surface area contributed by atoms with Crippen LogP contribution in [0.4, 0.5) is 5.69 Å². The molecule has 0 fully saturated rings. The van der Waals surface area contributed by atoms with Crippen molar-refractivity contribution in [3.05, 3.63) is 24.3 Å². The third-order valence-corrected chi connectivity index (χ3v) is 4.23. The van der Waals surface area contributed by atoms with E-state index < -0.39 is 35.4 Å². The Bertz CT molecular complexity index is 519. The summed E-state index contributed by atoms with van der Waals surface area (Å²) in [6, 6.07) is 6.45. The van der Waals surface area contributed by atoms with E-state index in [1.807, 2.05) is 0 Å². The molecule has 8 nitrogen and oxygen atoms in total. The first-order chi connectivity index (χ1) is 9.86. The Morgan fingerprint density at radius 2 is 1.62 bits per heavy atom. The molecule has 9 heteroatoms. The summed E-state index contributed by atoms with van der Waals surface area (Å²) in [6.07, 6.45) is 0. The summed E-state index contributed by atoms with van der Waals surface area (Å²) in [5.41, 5.74) is 4.39. The van der Waals surface area contributed by atoms with E-state index in [1.54, 1.807) is 24.3 Å². The van der Waals surface area contributed by atoms with E-state index in [0.29, 0.717) is 11.4 Å². The van der Waals surface area contributed by atoms with Crippen molar-refractivity contribution in [2.45, 2.75) is 5.54 Å². The number of nitrogens with two attached hydrogens (primary N) is 1. The Hall–Kier alpha value is -1.39. The summed E-state index contributed by atoms with van der Waals surface area (Å²) < 4.78 is 31.0. The van der Waals surface area contributed by atoms with Crippen molar-refractivity contribution in [1.82, 2.24) is 4.72 Å². The van der Waals surface area contributed by atoms with Crippen LogP contribution in [0.25, 0.3) is 0 Å². The summed E-state index contributed by atoms with van der Waals surface area (Å²) in [5, 5.41) is 27.2. The number of hydrogen-bond acceptors (Lipinski definition) is 7. The molecule has 1 rings (SSSR count). The van der Waals surface area contributed by atoms with Crippen molar-refractivity contribution in [1.29, 1.82) is 0 Å². The van der Waals surface area contributed by atoms with Crippen molar-refractivity contribution in [2.24, 2.45) is 0 Å². The minimum Gasteiger partial charge on any atom is -0.492 e. The highest BCUT2D eigenvalue weighted by molar-refractivity contribution is 7.89. The SMILES string of the molecule is Nc1ccc(OCCS(=O)(=O)NC(CO)(CO)CO)cc1. The van der Waals surface area contributed by atoms with Crippen LogP contribution >= 0.6 is 0 Å². The van der Waals surface area contributed by atoms with E-state index in [9.17, 15) is 8.42 Å². The predicted octanol–water partition coefficient (Wildman–Crippen LogP) is -1.72. The molecular formula is C12H20N2O6S. The molecule has 1 aromatic rings. The predicted molar refractivity (Wildman–Crippen MR) is 77.3 cm³/mol. The molecular weight excluding hydrogens is 300 g/mol. The molecule has 21 heavy (non-hydrogen) atoms. The second-order valence-electron chi connectivity index (χ2n) is 4.59. The van der Waals surface area contributed by atoms with E-state index in [0.717, 1.165) is 0 Å². The normalized spacial score (nSPS) is 12.3. The molecule has 0 amide bonds. The number of rotatable bonds is 9. The van der Waals surface area contributed by atoms with E-state index >= 15 is 0 Å². The number of nitrogen functional groups attached to an aromatic ring is 1. The molecule has 0 atom stereocenters. The largest absolute Gasteiger partial charge is 0.492 e. The third kappa shape index (κ3) is 5.48. The molecule has 0 heterocycles. The van der Waals surface area contributed by atoms with Crippen molar-refractivity contribution < 1.29 is 28.5 Å². The highest BCUT2D eigenvalue weighted by Gasteiger charge is 2.32. The smallest absolute Gasteiger partial charge is 0.215 e. The highest BCUT2D eigenvalue weighted by atomic mass is 32.2. The summed E-state index contributed by atoms with van der Waals surface area (Å²) in [7, 11) is -3.83. The number of sulfonamides is 1. The van der Waals surface area contributed by atoms with Gasteiger partial charge in [0.05, 0.1) is 25.6 Å². The van der Waals surface area contributed by atoms with Crippen molar-refractivity contribution in [2.75, 3.05) is 37.9 Å². The van der Waals surface area contributed by atoms with E-state index in [-0.39, 0.29) is 12.4 Å². The van der Waals surface area contributed by atoms with Crippen molar-refractivity contribution in [3.8, 4) is 5.75 Å². The Kier molecular flexibility index (Phi) is 6.37. The number of aliphatic hydroxyl groups excluding tert-OH is 3. The van der Waals surface area contributed by atoms with Crippen molar-refractivity contribution >= 4 is 15.7 Å². The quantitative estimate of drug-likeness (QED) is 0.341. The second kappa shape index (κ2) is 7.57. The van der Waals surface area contributed by atoms with Gasteiger partial charge in [0.15, 0.2) is 0 Å².